The van der Waals surface area contributed by atoms with Crippen molar-refractivity contribution in [3.63, 3.8) is 0 Å². The summed E-state index contributed by atoms with van der Waals surface area (Å²) >= 11 is 0. The summed E-state index contributed by atoms with van der Waals surface area (Å²) in [6.07, 6.45) is 3.45. The molecule has 2 aromatic rings. The van der Waals surface area contributed by atoms with Crippen molar-refractivity contribution in [1.82, 2.24) is 5.32 Å². The number of fused-ring (bicyclic) bond motifs is 1. The largest absolute Gasteiger partial charge is 0.348 e. The molecule has 0 heterocycles. The molecule has 1 N–H and O–H groups in total. The summed E-state index contributed by atoms with van der Waals surface area (Å²) in [5.74, 6) is -0.0690. The van der Waals surface area contributed by atoms with Crippen molar-refractivity contribution in [1.29, 1.82) is 0 Å². The molecule has 1 amide bonds. The molecule has 0 fully saturated rings. The van der Waals surface area contributed by atoms with Crippen molar-refractivity contribution in [3.8, 4) is 0 Å². The third kappa shape index (κ3) is 3.68. The minimum atomic E-state index is -0.208. The molecule has 0 radical (unpaired) electrons. The van der Waals surface area contributed by atoms with Gasteiger partial charge in [-0.25, -0.2) is 0 Å². The quantitative estimate of drug-likeness (QED) is 0.811. The lowest BCUT2D eigenvalue weighted by molar-refractivity contribution is -0.117. The van der Waals surface area contributed by atoms with Gasteiger partial charge in [0.1, 0.15) is 0 Å². The summed E-state index contributed by atoms with van der Waals surface area (Å²) in [7, 11) is 0. The SMILES string of the molecule is CC(C)(C)NC(=O)/C=C/c1cccc2ccccc12. The van der Waals surface area contributed by atoms with Crippen LogP contribution >= 0.6 is 0 Å². The maximum Gasteiger partial charge on any atom is 0.244 e. The van der Waals surface area contributed by atoms with Gasteiger partial charge in [-0.2, -0.15) is 0 Å². The number of carbonyl (C=O) groups is 1. The Kier molecular flexibility index (Phi) is 3.70. The maximum absolute atomic E-state index is 11.8. The van der Waals surface area contributed by atoms with Crippen LogP contribution in [0, 0.1) is 0 Å². The second-order valence-corrected chi connectivity index (χ2v) is 5.64. The van der Waals surface area contributed by atoms with Crippen LogP contribution in [0.2, 0.25) is 0 Å². The molecule has 0 aliphatic carbocycles. The minimum Gasteiger partial charge on any atom is -0.348 e. The zero-order valence-corrected chi connectivity index (χ0v) is 11.6. The van der Waals surface area contributed by atoms with Gasteiger partial charge in [-0.15, -0.1) is 0 Å². The fourth-order valence-electron chi connectivity index (χ4n) is 1.97. The Morgan fingerprint density at radius 2 is 1.74 bits per heavy atom. The molecule has 0 unspecified atom stereocenters. The van der Waals surface area contributed by atoms with Crippen LogP contribution in [0.15, 0.2) is 48.5 Å². The lowest BCUT2D eigenvalue weighted by Gasteiger charge is -2.19. The van der Waals surface area contributed by atoms with E-state index in [0.29, 0.717) is 0 Å². The van der Waals surface area contributed by atoms with E-state index in [0.717, 1.165) is 10.9 Å². The first-order valence-corrected chi connectivity index (χ1v) is 6.44. The Morgan fingerprint density at radius 3 is 2.47 bits per heavy atom. The molecule has 0 bridgehead atoms. The highest BCUT2D eigenvalue weighted by Crippen LogP contribution is 2.19. The van der Waals surface area contributed by atoms with E-state index in [4.69, 9.17) is 0 Å². The highest BCUT2D eigenvalue weighted by molar-refractivity contribution is 5.96. The Bertz CT molecular complexity index is 615. The number of rotatable bonds is 2. The normalized spacial score (nSPS) is 11.9. The Balaban J connectivity index is 2.24. The molecule has 0 saturated heterocycles. The zero-order chi connectivity index (χ0) is 13.9. The molecule has 0 aromatic heterocycles. The van der Waals surface area contributed by atoms with Crippen LogP contribution in [0.4, 0.5) is 0 Å². The number of hydrogen-bond acceptors (Lipinski definition) is 1. The molecule has 0 aliphatic heterocycles. The van der Waals surface area contributed by atoms with Crippen LogP contribution in [0.1, 0.15) is 26.3 Å². The Hall–Kier alpha value is -2.09. The topological polar surface area (TPSA) is 29.1 Å². The highest BCUT2D eigenvalue weighted by atomic mass is 16.1. The summed E-state index contributed by atoms with van der Waals surface area (Å²) in [4.78, 5) is 11.8. The van der Waals surface area contributed by atoms with Crippen molar-refractivity contribution in [2.45, 2.75) is 26.3 Å². The van der Waals surface area contributed by atoms with E-state index in [1.54, 1.807) is 6.08 Å². The number of amides is 1. The van der Waals surface area contributed by atoms with Gasteiger partial charge in [-0.3, -0.25) is 4.79 Å². The lowest BCUT2D eigenvalue weighted by atomic mass is 10.0. The van der Waals surface area contributed by atoms with Crippen LogP contribution in [0.5, 0.6) is 0 Å². The van der Waals surface area contributed by atoms with Crippen LogP contribution < -0.4 is 5.32 Å². The standard InChI is InChI=1S/C17H19NO/c1-17(2,3)18-16(19)12-11-14-9-6-8-13-7-4-5-10-15(13)14/h4-12H,1-3H3,(H,18,19)/b12-11+. The van der Waals surface area contributed by atoms with Crippen molar-refractivity contribution in [2.75, 3.05) is 0 Å². The Labute approximate surface area is 114 Å². The predicted octanol–water partition coefficient (Wildman–Crippen LogP) is 3.77. The maximum atomic E-state index is 11.8. The van der Waals surface area contributed by atoms with Gasteiger partial charge in [0.15, 0.2) is 0 Å². The van der Waals surface area contributed by atoms with Crippen molar-refractivity contribution >= 4 is 22.8 Å². The van der Waals surface area contributed by atoms with Crippen LogP contribution in [0.25, 0.3) is 16.8 Å². The van der Waals surface area contributed by atoms with Crippen LogP contribution in [-0.4, -0.2) is 11.4 Å². The number of carbonyl (C=O) groups excluding carboxylic acids is 1. The van der Waals surface area contributed by atoms with E-state index in [1.807, 2.05) is 51.1 Å². The van der Waals surface area contributed by atoms with Crippen LogP contribution in [-0.2, 0) is 4.79 Å². The number of benzene rings is 2. The molecular weight excluding hydrogens is 234 g/mol. The molecule has 98 valence electrons. The van der Waals surface area contributed by atoms with Gasteiger partial charge in [0, 0.05) is 11.6 Å². The smallest absolute Gasteiger partial charge is 0.244 e. The van der Waals surface area contributed by atoms with Gasteiger partial charge in [-0.1, -0.05) is 42.5 Å². The molecule has 0 aliphatic rings. The molecule has 0 saturated carbocycles. The van der Waals surface area contributed by atoms with E-state index < -0.39 is 0 Å². The molecular formula is C17H19NO. The van der Waals surface area contributed by atoms with E-state index in [1.165, 1.54) is 5.39 Å². The summed E-state index contributed by atoms with van der Waals surface area (Å²) in [5.41, 5.74) is 0.849. The average molecular weight is 253 g/mol. The molecule has 2 heteroatoms. The second kappa shape index (κ2) is 5.27. The van der Waals surface area contributed by atoms with Gasteiger partial charge in [-0.05, 0) is 43.2 Å². The molecule has 0 atom stereocenters. The fraction of sp³-hybridized carbons (Fsp3) is 0.235. The first kappa shape index (κ1) is 13.3. The highest BCUT2D eigenvalue weighted by Gasteiger charge is 2.11. The zero-order valence-electron chi connectivity index (χ0n) is 11.6. The summed E-state index contributed by atoms with van der Waals surface area (Å²) in [6.45, 7) is 5.91. The van der Waals surface area contributed by atoms with Crippen molar-refractivity contribution < 1.29 is 4.79 Å². The van der Waals surface area contributed by atoms with Crippen molar-refractivity contribution in [3.05, 3.63) is 54.1 Å². The Morgan fingerprint density at radius 1 is 1.05 bits per heavy atom. The van der Waals surface area contributed by atoms with E-state index in [9.17, 15) is 4.79 Å². The van der Waals surface area contributed by atoms with Gasteiger partial charge in [0.05, 0.1) is 0 Å². The average Bonchev–Trinajstić information content (AvgIpc) is 2.34. The van der Waals surface area contributed by atoms with Gasteiger partial charge in [0.25, 0.3) is 0 Å². The monoisotopic (exact) mass is 253 g/mol. The number of nitrogens with one attached hydrogen (secondary N) is 1. The molecule has 2 rings (SSSR count). The molecule has 2 nitrogen and oxygen atoms in total. The first-order valence-electron chi connectivity index (χ1n) is 6.44. The third-order valence-electron chi connectivity index (χ3n) is 2.74. The summed E-state index contributed by atoms with van der Waals surface area (Å²) in [5, 5.41) is 5.25. The number of hydrogen-bond donors (Lipinski definition) is 1. The van der Waals surface area contributed by atoms with Crippen LogP contribution in [0.3, 0.4) is 0 Å². The van der Waals surface area contributed by atoms with Gasteiger partial charge < -0.3 is 5.32 Å². The van der Waals surface area contributed by atoms with E-state index >= 15 is 0 Å². The third-order valence-corrected chi connectivity index (χ3v) is 2.74. The fourth-order valence-corrected chi connectivity index (χ4v) is 1.97. The lowest BCUT2D eigenvalue weighted by Crippen LogP contribution is -2.39. The van der Waals surface area contributed by atoms with Crippen molar-refractivity contribution in [2.24, 2.45) is 0 Å². The molecule has 19 heavy (non-hydrogen) atoms. The molecule has 2 aromatic carbocycles. The van der Waals surface area contributed by atoms with Gasteiger partial charge >= 0.3 is 0 Å². The summed E-state index contributed by atoms with van der Waals surface area (Å²) in [6, 6.07) is 14.3. The molecule has 0 spiro atoms. The first-order chi connectivity index (χ1) is 8.96. The summed E-state index contributed by atoms with van der Waals surface area (Å²) < 4.78 is 0. The van der Waals surface area contributed by atoms with E-state index in [-0.39, 0.29) is 11.4 Å². The van der Waals surface area contributed by atoms with Gasteiger partial charge in [0.2, 0.25) is 5.91 Å². The predicted molar refractivity (Wildman–Crippen MR) is 80.9 cm³/mol. The minimum absolute atomic E-state index is 0.0690. The van der Waals surface area contributed by atoms with E-state index in [2.05, 4.69) is 23.5 Å². The second-order valence-electron chi connectivity index (χ2n) is 5.64.